The Morgan fingerprint density at radius 1 is 1.04 bits per heavy atom. The van der Waals surface area contributed by atoms with E-state index >= 15 is 0 Å². The third-order valence-electron chi connectivity index (χ3n) is 4.67. The van der Waals surface area contributed by atoms with Gasteiger partial charge in [-0.05, 0) is 42.0 Å². The molecule has 1 aliphatic heterocycles. The van der Waals surface area contributed by atoms with Crippen LogP contribution in [0.4, 0.5) is 8.78 Å². The second-order valence-electron chi connectivity index (χ2n) is 6.40. The molecule has 0 aliphatic carbocycles. The maximum absolute atomic E-state index is 13.2. The van der Waals surface area contributed by atoms with E-state index in [1.807, 2.05) is 0 Å². The molecule has 1 aliphatic rings. The Morgan fingerprint density at radius 3 is 2.38 bits per heavy atom. The molecule has 4 rings (SSSR count). The van der Waals surface area contributed by atoms with Gasteiger partial charge in [0.2, 0.25) is 5.91 Å². The third kappa shape index (κ3) is 3.22. The van der Waals surface area contributed by atoms with E-state index in [1.165, 1.54) is 24.3 Å². The summed E-state index contributed by atoms with van der Waals surface area (Å²) in [7, 11) is 0. The molecule has 0 saturated heterocycles. The Balaban J connectivity index is 1.53. The summed E-state index contributed by atoms with van der Waals surface area (Å²) < 4.78 is 26.2. The summed E-state index contributed by atoms with van der Waals surface area (Å²) >= 11 is 0. The normalized spacial score (nSPS) is 13.5. The molecule has 1 N–H and O–H groups in total. The van der Waals surface area contributed by atoms with Crippen molar-refractivity contribution in [3.63, 3.8) is 0 Å². The van der Waals surface area contributed by atoms with E-state index in [0.717, 1.165) is 28.1 Å². The van der Waals surface area contributed by atoms with Crippen molar-refractivity contribution in [2.24, 2.45) is 0 Å². The Morgan fingerprint density at radius 2 is 1.69 bits per heavy atom. The zero-order valence-electron chi connectivity index (χ0n) is 14.0. The van der Waals surface area contributed by atoms with Crippen LogP contribution in [-0.4, -0.2) is 27.5 Å². The van der Waals surface area contributed by atoms with Gasteiger partial charge in [-0.2, -0.15) is 5.10 Å². The number of benzene rings is 2. The number of amides is 1. The molecule has 0 unspecified atom stereocenters. The van der Waals surface area contributed by atoms with Gasteiger partial charge in [-0.3, -0.25) is 9.89 Å². The smallest absolute Gasteiger partial charge is 0.227 e. The molecule has 4 nitrogen and oxygen atoms in total. The largest absolute Gasteiger partial charge is 0.338 e. The molecule has 0 saturated carbocycles. The number of nitrogens with zero attached hydrogens (tertiary/aromatic N) is 2. The van der Waals surface area contributed by atoms with Crippen molar-refractivity contribution in [1.29, 1.82) is 0 Å². The zero-order valence-corrected chi connectivity index (χ0v) is 14.0. The highest BCUT2D eigenvalue weighted by atomic mass is 19.1. The van der Waals surface area contributed by atoms with Crippen molar-refractivity contribution in [3.05, 3.63) is 77.0 Å². The topological polar surface area (TPSA) is 49.0 Å². The number of aromatic amines is 1. The molecule has 3 aromatic rings. The number of hydrogen-bond acceptors (Lipinski definition) is 2. The van der Waals surface area contributed by atoms with E-state index in [2.05, 4.69) is 10.2 Å². The van der Waals surface area contributed by atoms with Crippen LogP contribution in [0, 0.1) is 11.6 Å². The van der Waals surface area contributed by atoms with Gasteiger partial charge >= 0.3 is 0 Å². The van der Waals surface area contributed by atoms with Gasteiger partial charge in [-0.1, -0.05) is 12.1 Å². The SMILES string of the molecule is O=C(Cc1ccc(F)cc1)N1CCc2[nH]nc(-c3ccc(F)cc3)c2C1. The summed E-state index contributed by atoms with van der Waals surface area (Å²) in [6, 6.07) is 12.2. The first kappa shape index (κ1) is 16.4. The van der Waals surface area contributed by atoms with Crippen LogP contribution >= 0.6 is 0 Å². The Hall–Kier alpha value is -3.02. The summed E-state index contributed by atoms with van der Waals surface area (Å²) in [6.45, 7) is 1.07. The number of hydrogen-bond donors (Lipinski definition) is 1. The van der Waals surface area contributed by atoms with Gasteiger partial charge in [0, 0.05) is 36.3 Å². The number of aromatic nitrogens is 2. The van der Waals surface area contributed by atoms with Gasteiger partial charge in [0.1, 0.15) is 11.6 Å². The van der Waals surface area contributed by atoms with Crippen LogP contribution in [0.5, 0.6) is 0 Å². The molecule has 0 radical (unpaired) electrons. The molecule has 2 aromatic carbocycles. The fourth-order valence-corrected chi connectivity index (χ4v) is 3.24. The molecule has 0 bridgehead atoms. The van der Waals surface area contributed by atoms with Crippen molar-refractivity contribution in [2.75, 3.05) is 6.54 Å². The molecule has 1 amide bonds. The maximum atomic E-state index is 13.2. The monoisotopic (exact) mass is 353 g/mol. The van der Waals surface area contributed by atoms with E-state index in [4.69, 9.17) is 0 Å². The minimum Gasteiger partial charge on any atom is -0.338 e. The average Bonchev–Trinajstić information content (AvgIpc) is 3.07. The molecule has 132 valence electrons. The number of H-pyrrole nitrogens is 1. The van der Waals surface area contributed by atoms with E-state index in [0.29, 0.717) is 19.5 Å². The predicted octanol–water partition coefficient (Wildman–Crippen LogP) is 3.48. The average molecular weight is 353 g/mol. The van der Waals surface area contributed by atoms with Crippen LogP contribution in [0.3, 0.4) is 0 Å². The first-order chi connectivity index (χ1) is 12.6. The van der Waals surface area contributed by atoms with Crippen LogP contribution in [-0.2, 0) is 24.2 Å². The summed E-state index contributed by atoms with van der Waals surface area (Å²) in [6.07, 6.45) is 0.929. The fraction of sp³-hybridized carbons (Fsp3) is 0.200. The minimum atomic E-state index is -0.314. The van der Waals surface area contributed by atoms with E-state index in [1.54, 1.807) is 29.2 Å². The second-order valence-corrected chi connectivity index (χ2v) is 6.40. The van der Waals surface area contributed by atoms with Gasteiger partial charge in [0.15, 0.2) is 0 Å². The quantitative estimate of drug-likeness (QED) is 0.784. The minimum absolute atomic E-state index is 0.00601. The Kier molecular flexibility index (Phi) is 4.24. The lowest BCUT2D eigenvalue weighted by Gasteiger charge is -2.27. The van der Waals surface area contributed by atoms with Gasteiger partial charge in [0.25, 0.3) is 0 Å². The molecule has 0 spiro atoms. The van der Waals surface area contributed by atoms with Crippen molar-refractivity contribution >= 4 is 5.91 Å². The van der Waals surface area contributed by atoms with Crippen LogP contribution in [0.2, 0.25) is 0 Å². The van der Waals surface area contributed by atoms with Crippen LogP contribution < -0.4 is 0 Å². The van der Waals surface area contributed by atoms with E-state index in [9.17, 15) is 13.6 Å². The van der Waals surface area contributed by atoms with Crippen LogP contribution in [0.25, 0.3) is 11.3 Å². The standard InChI is InChI=1S/C20H17F2N3O/c21-15-5-1-13(2-6-15)11-19(26)25-10-9-18-17(12-25)20(24-23-18)14-3-7-16(22)8-4-14/h1-8H,9-12H2,(H,23,24). The summed E-state index contributed by atoms with van der Waals surface area (Å²) in [5, 5.41) is 7.39. The highest BCUT2D eigenvalue weighted by Crippen LogP contribution is 2.28. The Labute approximate surface area is 149 Å². The third-order valence-corrected chi connectivity index (χ3v) is 4.67. The predicted molar refractivity (Wildman–Crippen MR) is 93.2 cm³/mol. The maximum Gasteiger partial charge on any atom is 0.227 e. The number of rotatable bonds is 3. The van der Waals surface area contributed by atoms with E-state index in [-0.39, 0.29) is 24.0 Å². The molecule has 2 heterocycles. The lowest BCUT2D eigenvalue weighted by Crippen LogP contribution is -2.36. The van der Waals surface area contributed by atoms with E-state index < -0.39 is 0 Å². The summed E-state index contributed by atoms with van der Waals surface area (Å²) in [4.78, 5) is 14.4. The van der Waals surface area contributed by atoms with Gasteiger partial charge in [-0.25, -0.2) is 8.78 Å². The first-order valence-corrected chi connectivity index (χ1v) is 8.44. The summed E-state index contributed by atoms with van der Waals surface area (Å²) in [5.41, 5.74) is 4.33. The van der Waals surface area contributed by atoms with Crippen LogP contribution in [0.15, 0.2) is 48.5 Å². The highest BCUT2D eigenvalue weighted by molar-refractivity contribution is 5.79. The van der Waals surface area contributed by atoms with Gasteiger partial charge in [0.05, 0.1) is 12.1 Å². The fourth-order valence-electron chi connectivity index (χ4n) is 3.24. The highest BCUT2D eigenvalue weighted by Gasteiger charge is 2.25. The number of carbonyl (C=O) groups excluding carboxylic acids is 1. The van der Waals surface area contributed by atoms with Crippen LogP contribution in [0.1, 0.15) is 16.8 Å². The number of fused-ring (bicyclic) bond motifs is 1. The molecule has 26 heavy (non-hydrogen) atoms. The molecule has 1 aromatic heterocycles. The number of carbonyl (C=O) groups is 1. The second kappa shape index (κ2) is 6.71. The number of nitrogens with one attached hydrogen (secondary N) is 1. The lowest BCUT2D eigenvalue weighted by atomic mass is 10.0. The van der Waals surface area contributed by atoms with Gasteiger partial charge in [-0.15, -0.1) is 0 Å². The molecule has 0 fully saturated rings. The molecule has 6 heteroatoms. The van der Waals surface area contributed by atoms with Crippen molar-refractivity contribution < 1.29 is 13.6 Å². The van der Waals surface area contributed by atoms with Gasteiger partial charge < -0.3 is 4.90 Å². The van der Waals surface area contributed by atoms with Crippen molar-refractivity contribution in [2.45, 2.75) is 19.4 Å². The first-order valence-electron chi connectivity index (χ1n) is 8.44. The van der Waals surface area contributed by atoms with Crippen molar-refractivity contribution in [3.8, 4) is 11.3 Å². The van der Waals surface area contributed by atoms with Crippen molar-refractivity contribution in [1.82, 2.24) is 15.1 Å². The molecule has 0 atom stereocenters. The summed E-state index contributed by atoms with van der Waals surface area (Å²) in [5.74, 6) is -0.617. The molecular weight excluding hydrogens is 336 g/mol. The molecular formula is C20H17F2N3O. The lowest BCUT2D eigenvalue weighted by molar-refractivity contribution is -0.131. The zero-order chi connectivity index (χ0) is 18.1. The number of halogens is 2. The Bertz CT molecular complexity index is 933.